The molecule has 1 saturated heterocycles. The molecule has 196 valence electrons. The zero-order valence-corrected chi connectivity index (χ0v) is 22.2. The van der Waals surface area contributed by atoms with Crippen LogP contribution < -0.4 is 10.2 Å². The van der Waals surface area contributed by atoms with Gasteiger partial charge in [0.25, 0.3) is 11.8 Å². The first-order valence-corrected chi connectivity index (χ1v) is 13.3. The van der Waals surface area contributed by atoms with E-state index in [0.29, 0.717) is 54.6 Å². The molecule has 0 radical (unpaired) electrons. The van der Waals surface area contributed by atoms with Crippen molar-refractivity contribution in [2.24, 2.45) is 5.92 Å². The Kier molecular flexibility index (Phi) is 7.65. The summed E-state index contributed by atoms with van der Waals surface area (Å²) in [6, 6.07) is 22.1. The van der Waals surface area contributed by atoms with Crippen LogP contribution in [0.15, 0.2) is 72.8 Å². The summed E-state index contributed by atoms with van der Waals surface area (Å²) in [7, 11) is 1.78. The largest absolute Gasteiger partial charge is 0.367 e. The summed E-state index contributed by atoms with van der Waals surface area (Å²) >= 11 is 6.21. The van der Waals surface area contributed by atoms with E-state index in [0.717, 1.165) is 24.1 Å². The summed E-state index contributed by atoms with van der Waals surface area (Å²) in [5.74, 6) is -0.0340. The van der Waals surface area contributed by atoms with E-state index in [9.17, 15) is 14.4 Å². The molecule has 3 aromatic rings. The second-order valence-electron chi connectivity index (χ2n) is 9.90. The van der Waals surface area contributed by atoms with Gasteiger partial charge in [0.2, 0.25) is 5.91 Å². The van der Waals surface area contributed by atoms with Crippen molar-refractivity contribution in [1.82, 2.24) is 9.80 Å². The summed E-state index contributed by atoms with van der Waals surface area (Å²) in [6.07, 6.45) is 1.99. The number of halogens is 1. The Morgan fingerprint density at radius 2 is 1.58 bits per heavy atom. The monoisotopic (exact) mass is 530 g/mol. The number of anilines is 2. The maximum absolute atomic E-state index is 13.7. The standard InChI is InChI=1S/C30H31ClN4O3/c1-33(20-21-7-3-2-4-8-21)30(38)25-19-23(32-28(36)24-9-5-6-10-26(24)31)13-14-27(25)34-15-17-35(18-16-34)29(37)22-11-12-22/h2-10,13-14,19,22H,11-12,15-18,20H2,1H3,(H,32,36). The van der Waals surface area contributed by atoms with Gasteiger partial charge in [-0.05, 0) is 48.7 Å². The number of amides is 3. The van der Waals surface area contributed by atoms with Crippen molar-refractivity contribution in [2.45, 2.75) is 19.4 Å². The number of hydrogen-bond acceptors (Lipinski definition) is 4. The molecule has 1 aliphatic heterocycles. The van der Waals surface area contributed by atoms with Crippen LogP contribution in [-0.4, -0.2) is 60.7 Å². The van der Waals surface area contributed by atoms with E-state index >= 15 is 0 Å². The van der Waals surface area contributed by atoms with Gasteiger partial charge in [0.1, 0.15) is 0 Å². The molecule has 1 aliphatic carbocycles. The summed E-state index contributed by atoms with van der Waals surface area (Å²) in [6.45, 7) is 3.01. The van der Waals surface area contributed by atoms with E-state index in [1.807, 2.05) is 41.3 Å². The molecule has 1 N–H and O–H groups in total. The lowest BCUT2D eigenvalue weighted by Crippen LogP contribution is -2.49. The number of nitrogens with zero attached hydrogens (tertiary/aromatic N) is 3. The van der Waals surface area contributed by atoms with Crippen LogP contribution in [0, 0.1) is 5.92 Å². The molecule has 0 unspecified atom stereocenters. The van der Waals surface area contributed by atoms with E-state index in [1.54, 1.807) is 48.3 Å². The lowest BCUT2D eigenvalue weighted by atomic mass is 10.1. The number of piperazine rings is 1. The van der Waals surface area contributed by atoms with Gasteiger partial charge >= 0.3 is 0 Å². The molecule has 8 heteroatoms. The number of hydrogen-bond donors (Lipinski definition) is 1. The third kappa shape index (κ3) is 5.83. The Balaban J connectivity index is 1.39. The molecule has 3 aromatic carbocycles. The molecule has 0 bridgehead atoms. The van der Waals surface area contributed by atoms with Gasteiger partial charge in [-0.2, -0.15) is 0 Å². The van der Waals surface area contributed by atoms with Crippen LogP contribution in [0.25, 0.3) is 0 Å². The van der Waals surface area contributed by atoms with Crippen LogP contribution in [0.4, 0.5) is 11.4 Å². The third-order valence-electron chi connectivity index (χ3n) is 7.07. The van der Waals surface area contributed by atoms with Gasteiger partial charge in [-0.25, -0.2) is 0 Å². The molecule has 0 atom stereocenters. The summed E-state index contributed by atoms with van der Waals surface area (Å²) < 4.78 is 0. The zero-order valence-electron chi connectivity index (χ0n) is 21.4. The first-order valence-electron chi connectivity index (χ1n) is 12.9. The van der Waals surface area contributed by atoms with Gasteiger partial charge in [0, 0.05) is 57.1 Å². The van der Waals surface area contributed by atoms with Crippen molar-refractivity contribution in [3.05, 3.63) is 94.5 Å². The van der Waals surface area contributed by atoms with E-state index in [1.165, 1.54) is 0 Å². The molecule has 5 rings (SSSR count). The van der Waals surface area contributed by atoms with Gasteiger partial charge in [-0.15, -0.1) is 0 Å². The smallest absolute Gasteiger partial charge is 0.257 e. The fraction of sp³-hybridized carbons (Fsp3) is 0.300. The highest BCUT2D eigenvalue weighted by atomic mass is 35.5. The predicted octanol–water partition coefficient (Wildman–Crippen LogP) is 4.92. The van der Waals surface area contributed by atoms with E-state index in [-0.39, 0.29) is 23.6 Å². The van der Waals surface area contributed by atoms with Crippen LogP contribution in [-0.2, 0) is 11.3 Å². The van der Waals surface area contributed by atoms with Gasteiger partial charge < -0.3 is 20.0 Å². The summed E-state index contributed by atoms with van der Waals surface area (Å²) in [5.41, 5.74) is 3.20. The third-order valence-corrected chi connectivity index (χ3v) is 7.40. The molecule has 2 fully saturated rings. The molecule has 0 aromatic heterocycles. The average Bonchev–Trinajstić information content (AvgIpc) is 3.79. The minimum Gasteiger partial charge on any atom is -0.367 e. The highest BCUT2D eigenvalue weighted by Crippen LogP contribution is 2.32. The molecular weight excluding hydrogens is 500 g/mol. The molecule has 38 heavy (non-hydrogen) atoms. The molecular formula is C30H31ClN4O3. The average molecular weight is 531 g/mol. The van der Waals surface area contributed by atoms with Crippen LogP contribution >= 0.6 is 11.6 Å². The lowest BCUT2D eigenvalue weighted by molar-refractivity contribution is -0.132. The highest BCUT2D eigenvalue weighted by molar-refractivity contribution is 6.34. The first-order chi connectivity index (χ1) is 18.4. The number of nitrogens with one attached hydrogen (secondary N) is 1. The SMILES string of the molecule is CN(Cc1ccccc1)C(=O)c1cc(NC(=O)c2ccccc2Cl)ccc1N1CCN(C(=O)C2CC2)CC1. The molecule has 1 saturated carbocycles. The molecule has 0 spiro atoms. The maximum Gasteiger partial charge on any atom is 0.257 e. The minimum atomic E-state index is -0.341. The highest BCUT2D eigenvalue weighted by Gasteiger charge is 2.35. The fourth-order valence-electron chi connectivity index (χ4n) is 4.80. The van der Waals surface area contributed by atoms with Crippen LogP contribution in [0.3, 0.4) is 0 Å². The van der Waals surface area contributed by atoms with E-state index in [4.69, 9.17) is 11.6 Å². The van der Waals surface area contributed by atoms with Gasteiger partial charge in [-0.3, -0.25) is 14.4 Å². The van der Waals surface area contributed by atoms with Crippen LogP contribution in [0.2, 0.25) is 5.02 Å². The van der Waals surface area contributed by atoms with E-state index in [2.05, 4.69) is 10.2 Å². The quantitative estimate of drug-likeness (QED) is 0.470. The number of benzene rings is 3. The number of carbonyl (C=O) groups is 3. The zero-order chi connectivity index (χ0) is 26.6. The van der Waals surface area contributed by atoms with Crippen molar-refractivity contribution in [2.75, 3.05) is 43.4 Å². The second-order valence-corrected chi connectivity index (χ2v) is 10.3. The van der Waals surface area contributed by atoms with E-state index < -0.39 is 0 Å². The minimum absolute atomic E-state index is 0.144. The molecule has 3 amide bonds. The fourth-order valence-corrected chi connectivity index (χ4v) is 5.02. The normalized spacial score (nSPS) is 15.2. The van der Waals surface area contributed by atoms with Crippen molar-refractivity contribution < 1.29 is 14.4 Å². The Hall–Kier alpha value is -3.84. The Labute approximate surface area is 228 Å². The Morgan fingerprint density at radius 3 is 2.26 bits per heavy atom. The van der Waals surface area contributed by atoms with Crippen molar-refractivity contribution in [3.8, 4) is 0 Å². The second kappa shape index (κ2) is 11.3. The van der Waals surface area contributed by atoms with Gasteiger partial charge in [0.05, 0.1) is 16.1 Å². The topological polar surface area (TPSA) is 73.0 Å². The van der Waals surface area contributed by atoms with Gasteiger partial charge in [-0.1, -0.05) is 54.1 Å². The molecule has 7 nitrogen and oxygen atoms in total. The number of rotatable bonds is 7. The molecule has 1 heterocycles. The predicted molar refractivity (Wildman–Crippen MR) is 150 cm³/mol. The van der Waals surface area contributed by atoms with Crippen LogP contribution in [0.1, 0.15) is 39.1 Å². The van der Waals surface area contributed by atoms with Gasteiger partial charge in [0.15, 0.2) is 0 Å². The first kappa shape index (κ1) is 25.8. The van der Waals surface area contributed by atoms with Crippen molar-refractivity contribution >= 4 is 40.7 Å². The number of carbonyl (C=O) groups excluding carboxylic acids is 3. The summed E-state index contributed by atoms with van der Waals surface area (Å²) in [5, 5.41) is 3.25. The van der Waals surface area contributed by atoms with Crippen molar-refractivity contribution in [3.63, 3.8) is 0 Å². The van der Waals surface area contributed by atoms with Crippen LogP contribution in [0.5, 0.6) is 0 Å². The molecule has 2 aliphatic rings. The Bertz CT molecular complexity index is 1330. The Morgan fingerprint density at radius 1 is 0.895 bits per heavy atom. The summed E-state index contributed by atoms with van der Waals surface area (Å²) in [4.78, 5) is 44.9. The van der Waals surface area contributed by atoms with Crippen molar-refractivity contribution in [1.29, 1.82) is 0 Å². The lowest BCUT2D eigenvalue weighted by Gasteiger charge is -2.37. The maximum atomic E-state index is 13.7.